The van der Waals surface area contributed by atoms with Crippen molar-refractivity contribution in [3.63, 3.8) is 0 Å². The fraction of sp³-hybridized carbons (Fsp3) is 0.533. The highest BCUT2D eigenvalue weighted by Crippen LogP contribution is 2.37. The Bertz CT molecular complexity index is 596. The second-order valence-electron chi connectivity index (χ2n) is 5.99. The van der Waals surface area contributed by atoms with Gasteiger partial charge in [0.05, 0.1) is 11.1 Å². The van der Waals surface area contributed by atoms with Crippen LogP contribution in [0, 0.1) is 0 Å². The van der Waals surface area contributed by atoms with Crippen LogP contribution in [0.2, 0.25) is 0 Å². The van der Waals surface area contributed by atoms with Crippen molar-refractivity contribution in [1.82, 2.24) is 10.2 Å². The first-order valence-electron chi connectivity index (χ1n) is 7.50. The number of likely N-dealkylation sites (N-methyl/N-ethyl adjacent to an activating group) is 1. The molecule has 10 heteroatoms. The van der Waals surface area contributed by atoms with Gasteiger partial charge in [-0.2, -0.15) is 26.3 Å². The molecule has 1 aliphatic rings. The zero-order chi connectivity index (χ0) is 18.8. The summed E-state index contributed by atoms with van der Waals surface area (Å²) in [5, 5.41) is 5.35. The number of halogens is 6. The van der Waals surface area contributed by atoms with Crippen molar-refractivity contribution in [3.8, 4) is 0 Å². The molecule has 140 valence electrons. The minimum atomic E-state index is -4.89. The lowest BCUT2D eigenvalue weighted by molar-refractivity contribution is -0.143. The molecule has 1 heterocycles. The van der Waals surface area contributed by atoms with Gasteiger partial charge in [-0.05, 0) is 56.9 Å². The number of hydrogen-bond acceptors (Lipinski definition) is 2. The Morgan fingerprint density at radius 2 is 1.64 bits per heavy atom. The van der Waals surface area contributed by atoms with Gasteiger partial charge in [-0.15, -0.1) is 0 Å². The number of benzene rings is 1. The summed E-state index contributed by atoms with van der Waals surface area (Å²) >= 11 is 5.03. The van der Waals surface area contributed by atoms with Crippen LogP contribution in [-0.4, -0.2) is 36.2 Å². The smallest absolute Gasteiger partial charge is 0.358 e. The van der Waals surface area contributed by atoms with E-state index in [4.69, 9.17) is 12.2 Å². The Morgan fingerprint density at radius 1 is 1.08 bits per heavy atom. The lowest BCUT2D eigenvalue weighted by Crippen LogP contribution is -2.47. The van der Waals surface area contributed by atoms with Gasteiger partial charge in [-0.25, -0.2) is 0 Å². The quantitative estimate of drug-likeness (QED) is 0.592. The first-order chi connectivity index (χ1) is 11.4. The Kier molecular flexibility index (Phi) is 5.82. The molecule has 0 aliphatic carbocycles. The van der Waals surface area contributed by atoms with Crippen LogP contribution < -0.4 is 10.6 Å². The Hall–Kier alpha value is -1.55. The summed E-state index contributed by atoms with van der Waals surface area (Å²) in [6.45, 7) is 1.62. The topological polar surface area (TPSA) is 27.3 Å². The molecule has 0 aromatic heterocycles. The molecule has 1 fully saturated rings. The van der Waals surface area contributed by atoms with Gasteiger partial charge in [0.25, 0.3) is 0 Å². The summed E-state index contributed by atoms with van der Waals surface area (Å²) in [7, 11) is 1.92. The van der Waals surface area contributed by atoms with E-state index in [1.807, 2.05) is 7.05 Å². The van der Waals surface area contributed by atoms with Gasteiger partial charge in [-0.1, -0.05) is 0 Å². The SMILES string of the molecule is CN1CCC[C@@H](NC(=S)Nc2cc(C(F)(F)F)cc(C(F)(F)F)c2)C1. The molecule has 0 radical (unpaired) electrons. The van der Waals surface area contributed by atoms with Crippen LogP contribution in [0.15, 0.2) is 18.2 Å². The lowest BCUT2D eigenvalue weighted by Gasteiger charge is -2.31. The number of piperidine rings is 1. The molecule has 0 amide bonds. The number of thiocarbonyl (C=S) groups is 1. The molecule has 0 unspecified atom stereocenters. The van der Waals surface area contributed by atoms with Crippen LogP contribution in [0.25, 0.3) is 0 Å². The number of hydrogen-bond donors (Lipinski definition) is 2. The van der Waals surface area contributed by atoms with Gasteiger partial charge < -0.3 is 15.5 Å². The molecule has 1 atom stereocenters. The third-order valence-electron chi connectivity index (χ3n) is 3.81. The van der Waals surface area contributed by atoms with E-state index in [1.54, 1.807) is 0 Å². The van der Waals surface area contributed by atoms with Crippen molar-refractivity contribution in [2.24, 2.45) is 0 Å². The molecule has 2 N–H and O–H groups in total. The van der Waals surface area contributed by atoms with Gasteiger partial charge >= 0.3 is 12.4 Å². The molecule has 1 saturated heterocycles. The largest absolute Gasteiger partial charge is 0.416 e. The van der Waals surface area contributed by atoms with E-state index in [9.17, 15) is 26.3 Å². The van der Waals surface area contributed by atoms with Crippen molar-refractivity contribution in [2.45, 2.75) is 31.2 Å². The summed E-state index contributed by atoms with van der Waals surface area (Å²) in [4.78, 5) is 2.07. The van der Waals surface area contributed by atoms with E-state index in [2.05, 4.69) is 15.5 Å². The van der Waals surface area contributed by atoms with Crippen molar-refractivity contribution >= 4 is 23.0 Å². The van der Waals surface area contributed by atoms with E-state index < -0.39 is 23.5 Å². The molecule has 0 bridgehead atoms. The zero-order valence-corrected chi connectivity index (χ0v) is 14.1. The molecule has 1 aromatic carbocycles. The number of alkyl halides is 6. The van der Waals surface area contributed by atoms with E-state index in [1.165, 1.54) is 0 Å². The van der Waals surface area contributed by atoms with Gasteiger partial charge in [0.1, 0.15) is 0 Å². The van der Waals surface area contributed by atoms with Crippen LogP contribution in [0.4, 0.5) is 32.0 Å². The molecule has 1 aromatic rings. The van der Waals surface area contributed by atoms with E-state index >= 15 is 0 Å². The standard InChI is InChI=1S/C15H17F6N3S/c1-24-4-2-3-11(8-24)22-13(25)23-12-6-9(14(16,17)18)5-10(7-12)15(19,20)21/h5-7,11H,2-4,8H2,1H3,(H2,22,23,25)/t11-/m1/s1. The van der Waals surface area contributed by atoms with Gasteiger partial charge in [0.2, 0.25) is 0 Å². The highest BCUT2D eigenvalue weighted by Gasteiger charge is 2.37. The summed E-state index contributed by atoms with van der Waals surface area (Å²) in [6, 6.07) is 1.29. The second-order valence-corrected chi connectivity index (χ2v) is 6.40. The predicted molar refractivity (Wildman–Crippen MR) is 86.3 cm³/mol. The van der Waals surface area contributed by atoms with Crippen LogP contribution in [0.1, 0.15) is 24.0 Å². The second kappa shape index (κ2) is 7.36. The van der Waals surface area contributed by atoms with Gasteiger partial charge in [0.15, 0.2) is 5.11 Å². The fourth-order valence-corrected chi connectivity index (χ4v) is 2.95. The molecule has 1 aliphatic heterocycles. The molecule has 2 rings (SSSR count). The number of nitrogens with zero attached hydrogens (tertiary/aromatic N) is 1. The molecule has 0 saturated carbocycles. The fourth-order valence-electron chi connectivity index (χ4n) is 2.66. The molecule has 25 heavy (non-hydrogen) atoms. The van der Waals surface area contributed by atoms with Gasteiger partial charge in [0, 0.05) is 18.3 Å². The summed E-state index contributed by atoms with van der Waals surface area (Å²) in [5.41, 5.74) is -3.13. The van der Waals surface area contributed by atoms with E-state index in [-0.39, 0.29) is 22.9 Å². The lowest BCUT2D eigenvalue weighted by atomic mass is 10.1. The minimum absolute atomic E-state index is 0.00671. The van der Waals surface area contributed by atoms with E-state index in [0.717, 1.165) is 19.4 Å². The molecule has 3 nitrogen and oxygen atoms in total. The number of rotatable bonds is 2. The highest BCUT2D eigenvalue weighted by atomic mass is 32.1. The van der Waals surface area contributed by atoms with Crippen LogP contribution >= 0.6 is 12.2 Å². The first-order valence-corrected chi connectivity index (χ1v) is 7.91. The molecular weight excluding hydrogens is 368 g/mol. The maximum Gasteiger partial charge on any atom is 0.416 e. The highest BCUT2D eigenvalue weighted by molar-refractivity contribution is 7.80. The third-order valence-corrected chi connectivity index (χ3v) is 4.03. The normalized spacial score (nSPS) is 19.6. The average molecular weight is 385 g/mol. The Balaban J connectivity index is 2.16. The minimum Gasteiger partial charge on any atom is -0.358 e. The summed E-state index contributed by atoms with van der Waals surface area (Å²) < 4.78 is 77.0. The van der Waals surface area contributed by atoms with Crippen molar-refractivity contribution in [3.05, 3.63) is 29.3 Å². The number of nitrogens with one attached hydrogen (secondary N) is 2. The van der Waals surface area contributed by atoms with Crippen molar-refractivity contribution in [1.29, 1.82) is 0 Å². The maximum atomic E-state index is 12.8. The van der Waals surface area contributed by atoms with Crippen LogP contribution in [-0.2, 0) is 12.4 Å². The number of anilines is 1. The van der Waals surface area contributed by atoms with Crippen LogP contribution in [0.5, 0.6) is 0 Å². The zero-order valence-electron chi connectivity index (χ0n) is 13.3. The molecule has 0 spiro atoms. The summed E-state index contributed by atoms with van der Waals surface area (Å²) in [5.74, 6) is 0. The van der Waals surface area contributed by atoms with Crippen LogP contribution in [0.3, 0.4) is 0 Å². The Labute approximate surface area is 146 Å². The third kappa shape index (κ3) is 5.74. The van der Waals surface area contributed by atoms with Crippen molar-refractivity contribution in [2.75, 3.05) is 25.5 Å². The maximum absolute atomic E-state index is 12.8. The number of likely N-dealkylation sites (tertiary alicyclic amines) is 1. The monoisotopic (exact) mass is 385 g/mol. The van der Waals surface area contributed by atoms with Gasteiger partial charge in [-0.3, -0.25) is 0 Å². The van der Waals surface area contributed by atoms with Crippen molar-refractivity contribution < 1.29 is 26.3 Å². The first kappa shape index (κ1) is 19.8. The summed E-state index contributed by atoms with van der Waals surface area (Å²) in [6.07, 6.45) is -8.03. The average Bonchev–Trinajstić information content (AvgIpc) is 2.44. The predicted octanol–water partition coefficient (Wildman–Crippen LogP) is 4.10. The molecular formula is C15H17F6N3S. The van der Waals surface area contributed by atoms with E-state index in [0.29, 0.717) is 18.7 Å². The Morgan fingerprint density at radius 3 is 2.12 bits per heavy atom.